The number of nitrogens with zero attached hydrogens (tertiary/aromatic N) is 2. The Hall–Kier alpha value is -0.810. The van der Waals surface area contributed by atoms with Gasteiger partial charge in [-0.25, -0.2) is 0 Å². The maximum absolute atomic E-state index is 13.0. The van der Waals surface area contributed by atoms with Gasteiger partial charge in [-0.05, 0) is 42.4 Å². The van der Waals surface area contributed by atoms with Crippen LogP contribution < -0.4 is 0 Å². The molecule has 0 aromatic heterocycles. The number of rotatable bonds is 4. The Morgan fingerprint density at radius 1 is 1.27 bits per heavy atom. The van der Waals surface area contributed by atoms with Gasteiger partial charge in [-0.15, -0.1) is 0 Å². The van der Waals surface area contributed by atoms with E-state index in [1.54, 1.807) is 12.1 Å². The first-order valence-electron chi connectivity index (χ1n) is 9.37. The molecular formula is C20H28Cl2N2O2. The number of hydrogen-bond donors (Lipinski definition) is 1. The molecule has 2 unspecified atom stereocenters. The summed E-state index contributed by atoms with van der Waals surface area (Å²) in [7, 11) is 0. The Morgan fingerprint density at radius 3 is 2.69 bits per heavy atom. The molecule has 2 saturated heterocycles. The Morgan fingerprint density at radius 2 is 2.04 bits per heavy atom. The van der Waals surface area contributed by atoms with Crippen LogP contribution >= 0.6 is 23.2 Å². The summed E-state index contributed by atoms with van der Waals surface area (Å²) in [6.07, 6.45) is 2.95. The molecule has 0 bridgehead atoms. The van der Waals surface area contributed by atoms with Gasteiger partial charge < -0.3 is 10.0 Å². The van der Waals surface area contributed by atoms with E-state index < -0.39 is 0 Å². The van der Waals surface area contributed by atoms with Crippen LogP contribution in [0.4, 0.5) is 0 Å². The van der Waals surface area contributed by atoms with Crippen molar-refractivity contribution in [2.45, 2.75) is 51.7 Å². The zero-order chi connectivity index (χ0) is 18.9. The molecule has 2 aliphatic rings. The van der Waals surface area contributed by atoms with Crippen LogP contribution in [0.1, 0.15) is 38.7 Å². The van der Waals surface area contributed by atoms with Crippen LogP contribution in [0.15, 0.2) is 18.2 Å². The second-order valence-corrected chi connectivity index (χ2v) is 9.30. The molecule has 26 heavy (non-hydrogen) atoms. The average Bonchev–Trinajstić information content (AvgIpc) is 2.95. The number of hydrogen-bond acceptors (Lipinski definition) is 3. The SMILES string of the molecule is CC1(C)CCN(C(=O)Cc2ccc(Cl)c(Cl)c2)C(CN2CCC(O)C2)C1. The highest BCUT2D eigenvalue weighted by molar-refractivity contribution is 6.42. The number of amides is 1. The van der Waals surface area contributed by atoms with Gasteiger partial charge in [0.25, 0.3) is 0 Å². The Balaban J connectivity index is 1.69. The first-order valence-corrected chi connectivity index (χ1v) is 10.1. The molecule has 1 aromatic carbocycles. The lowest BCUT2D eigenvalue weighted by Crippen LogP contribution is -2.53. The van der Waals surface area contributed by atoms with E-state index in [0.29, 0.717) is 23.0 Å². The monoisotopic (exact) mass is 398 g/mol. The normalized spacial score (nSPS) is 26.3. The molecule has 1 amide bonds. The molecule has 2 atom stereocenters. The van der Waals surface area contributed by atoms with Crippen LogP contribution in [-0.2, 0) is 11.2 Å². The number of aliphatic hydroxyl groups is 1. The smallest absolute Gasteiger partial charge is 0.227 e. The van der Waals surface area contributed by atoms with Gasteiger partial charge in [-0.2, -0.15) is 0 Å². The van der Waals surface area contributed by atoms with Gasteiger partial charge in [0.2, 0.25) is 5.91 Å². The second kappa shape index (κ2) is 8.05. The minimum Gasteiger partial charge on any atom is -0.392 e. The van der Waals surface area contributed by atoms with Crippen molar-refractivity contribution >= 4 is 29.1 Å². The number of β-amino-alcohol motifs (C(OH)–C–C–N with tert-alkyl or cyclic N) is 1. The van der Waals surface area contributed by atoms with E-state index in [-0.39, 0.29) is 23.5 Å². The van der Waals surface area contributed by atoms with Gasteiger partial charge in [0.15, 0.2) is 0 Å². The summed E-state index contributed by atoms with van der Waals surface area (Å²) in [6, 6.07) is 5.58. The Kier molecular flexibility index (Phi) is 6.18. The molecule has 0 radical (unpaired) electrons. The molecule has 144 valence electrons. The standard InChI is InChI=1S/C20H28Cl2N2O2/c1-20(2)6-8-24(15(11-20)12-23-7-5-16(25)13-23)19(26)10-14-3-4-17(21)18(22)9-14/h3-4,9,15-16,25H,5-8,10-13H2,1-2H3. The van der Waals surface area contributed by atoms with Gasteiger partial charge in [-0.3, -0.25) is 9.69 Å². The second-order valence-electron chi connectivity index (χ2n) is 8.49. The van der Waals surface area contributed by atoms with E-state index in [4.69, 9.17) is 23.2 Å². The van der Waals surface area contributed by atoms with E-state index in [0.717, 1.165) is 44.5 Å². The molecule has 6 heteroatoms. The van der Waals surface area contributed by atoms with Crippen LogP contribution in [0, 0.1) is 5.41 Å². The third kappa shape index (κ3) is 4.92. The van der Waals surface area contributed by atoms with Gasteiger partial charge >= 0.3 is 0 Å². The average molecular weight is 399 g/mol. The molecule has 0 spiro atoms. The molecule has 0 aliphatic carbocycles. The predicted octanol–water partition coefficient (Wildman–Crippen LogP) is 3.62. The minimum atomic E-state index is -0.230. The van der Waals surface area contributed by atoms with Crippen LogP contribution in [0.3, 0.4) is 0 Å². The van der Waals surface area contributed by atoms with Crippen molar-refractivity contribution in [3.63, 3.8) is 0 Å². The summed E-state index contributed by atoms with van der Waals surface area (Å²) in [5.74, 6) is 0.142. The third-order valence-electron chi connectivity index (χ3n) is 5.63. The minimum absolute atomic E-state index is 0.142. The number of aliphatic hydroxyl groups excluding tert-OH is 1. The van der Waals surface area contributed by atoms with Gasteiger partial charge in [0.1, 0.15) is 0 Å². The number of carbonyl (C=O) groups is 1. The zero-order valence-corrected chi connectivity index (χ0v) is 17.1. The molecule has 1 N–H and O–H groups in total. The van der Waals surface area contributed by atoms with Crippen molar-refractivity contribution in [3.8, 4) is 0 Å². The van der Waals surface area contributed by atoms with Crippen LogP contribution in [-0.4, -0.2) is 59.1 Å². The highest BCUT2D eigenvalue weighted by atomic mass is 35.5. The fraction of sp³-hybridized carbons (Fsp3) is 0.650. The quantitative estimate of drug-likeness (QED) is 0.841. The van der Waals surface area contributed by atoms with Crippen molar-refractivity contribution in [3.05, 3.63) is 33.8 Å². The third-order valence-corrected chi connectivity index (χ3v) is 6.37. The first-order chi connectivity index (χ1) is 12.2. The van der Waals surface area contributed by atoms with Crippen molar-refractivity contribution < 1.29 is 9.90 Å². The maximum atomic E-state index is 13.0. The number of carbonyl (C=O) groups excluding carboxylic acids is 1. The summed E-state index contributed by atoms with van der Waals surface area (Å²) in [6.45, 7) is 7.81. The van der Waals surface area contributed by atoms with Crippen molar-refractivity contribution in [1.29, 1.82) is 0 Å². The van der Waals surface area contributed by atoms with Gasteiger partial charge in [-0.1, -0.05) is 43.1 Å². The van der Waals surface area contributed by atoms with Gasteiger partial charge in [0.05, 0.1) is 22.6 Å². The highest BCUT2D eigenvalue weighted by Crippen LogP contribution is 2.35. The van der Waals surface area contributed by atoms with E-state index >= 15 is 0 Å². The summed E-state index contributed by atoms with van der Waals surface area (Å²) in [4.78, 5) is 17.3. The van der Waals surface area contributed by atoms with Crippen LogP contribution in [0.5, 0.6) is 0 Å². The van der Waals surface area contributed by atoms with Crippen molar-refractivity contribution in [1.82, 2.24) is 9.80 Å². The summed E-state index contributed by atoms with van der Waals surface area (Å²) in [5.41, 5.74) is 1.13. The molecule has 4 nitrogen and oxygen atoms in total. The van der Waals surface area contributed by atoms with Crippen LogP contribution in [0.25, 0.3) is 0 Å². The van der Waals surface area contributed by atoms with E-state index in [2.05, 4.69) is 18.7 Å². The molecule has 2 fully saturated rings. The zero-order valence-electron chi connectivity index (χ0n) is 15.5. The summed E-state index contributed by atoms with van der Waals surface area (Å²) >= 11 is 12.1. The Labute approximate surface area is 166 Å². The van der Waals surface area contributed by atoms with Crippen LogP contribution in [0.2, 0.25) is 10.0 Å². The Bertz CT molecular complexity index is 665. The van der Waals surface area contributed by atoms with Crippen molar-refractivity contribution in [2.75, 3.05) is 26.2 Å². The number of halogens is 2. The lowest BCUT2D eigenvalue weighted by Gasteiger charge is -2.45. The summed E-state index contributed by atoms with van der Waals surface area (Å²) in [5, 5.41) is 10.8. The van der Waals surface area contributed by atoms with E-state index in [9.17, 15) is 9.90 Å². The maximum Gasteiger partial charge on any atom is 0.227 e. The molecule has 1 aromatic rings. The largest absolute Gasteiger partial charge is 0.392 e. The lowest BCUT2D eigenvalue weighted by atomic mass is 9.78. The van der Waals surface area contributed by atoms with E-state index in [1.165, 1.54) is 0 Å². The predicted molar refractivity (Wildman–Crippen MR) is 106 cm³/mol. The number of benzene rings is 1. The number of piperidine rings is 1. The van der Waals surface area contributed by atoms with Gasteiger partial charge in [0, 0.05) is 32.2 Å². The topological polar surface area (TPSA) is 43.8 Å². The molecule has 2 aliphatic heterocycles. The lowest BCUT2D eigenvalue weighted by molar-refractivity contribution is -0.136. The fourth-order valence-electron chi connectivity index (χ4n) is 4.15. The summed E-state index contributed by atoms with van der Waals surface area (Å²) < 4.78 is 0. The molecular weight excluding hydrogens is 371 g/mol. The highest BCUT2D eigenvalue weighted by Gasteiger charge is 2.37. The number of likely N-dealkylation sites (tertiary alicyclic amines) is 2. The first kappa shape index (κ1) is 19.9. The van der Waals surface area contributed by atoms with E-state index in [1.807, 2.05) is 11.0 Å². The van der Waals surface area contributed by atoms with Crippen molar-refractivity contribution in [2.24, 2.45) is 5.41 Å². The molecule has 2 heterocycles. The fourth-order valence-corrected chi connectivity index (χ4v) is 4.47. The molecule has 0 saturated carbocycles. The molecule has 3 rings (SSSR count).